The van der Waals surface area contributed by atoms with Crippen LogP contribution in [-0.2, 0) is 13.2 Å². The molecular weight excluding hydrogens is 220 g/mol. The Morgan fingerprint density at radius 1 is 1.35 bits per heavy atom. The van der Waals surface area contributed by atoms with Gasteiger partial charge >= 0.3 is 0 Å². The Kier molecular flexibility index (Phi) is 3.51. The summed E-state index contributed by atoms with van der Waals surface area (Å²) in [6.07, 6.45) is 4.64. The minimum atomic E-state index is -0.188. The van der Waals surface area contributed by atoms with Crippen molar-refractivity contribution in [2.75, 3.05) is 0 Å². The molecule has 2 aromatic rings. The van der Waals surface area contributed by atoms with Gasteiger partial charge < -0.3 is 14.6 Å². The van der Waals surface area contributed by atoms with E-state index in [4.69, 9.17) is 4.42 Å². The van der Waals surface area contributed by atoms with Crippen molar-refractivity contribution in [1.29, 1.82) is 0 Å². The van der Waals surface area contributed by atoms with Crippen LogP contribution in [0.5, 0.6) is 0 Å². The molecule has 5 nitrogen and oxygen atoms in total. The van der Waals surface area contributed by atoms with Crippen LogP contribution in [-0.4, -0.2) is 20.2 Å². The Balaban J connectivity index is 2.44. The zero-order valence-corrected chi connectivity index (χ0v) is 9.50. The lowest BCUT2D eigenvalue weighted by molar-refractivity contribution is 0.254. The number of pyridine rings is 1. The molecule has 0 radical (unpaired) electrons. The summed E-state index contributed by atoms with van der Waals surface area (Å²) >= 11 is 0. The van der Waals surface area contributed by atoms with E-state index in [0.29, 0.717) is 11.3 Å². The maximum absolute atomic E-state index is 9.38. The van der Waals surface area contributed by atoms with Crippen molar-refractivity contribution in [3.63, 3.8) is 0 Å². The minimum Gasteiger partial charge on any atom is -0.448 e. The summed E-state index contributed by atoms with van der Waals surface area (Å²) in [5.74, 6) is 0.683. The molecule has 90 valence electrons. The molecule has 2 aromatic heterocycles. The average molecular weight is 234 g/mol. The Labute approximate surface area is 98.8 Å². The molecule has 0 saturated carbocycles. The Morgan fingerprint density at radius 3 is 2.76 bits per heavy atom. The van der Waals surface area contributed by atoms with Crippen molar-refractivity contribution in [1.82, 2.24) is 9.97 Å². The van der Waals surface area contributed by atoms with Crippen LogP contribution >= 0.6 is 0 Å². The second-order valence-corrected chi connectivity index (χ2v) is 3.77. The molecule has 0 aromatic carbocycles. The molecular formula is C12H14N2O3. The van der Waals surface area contributed by atoms with Gasteiger partial charge in [0, 0.05) is 17.7 Å². The highest BCUT2D eigenvalue weighted by Gasteiger charge is 2.17. The van der Waals surface area contributed by atoms with Gasteiger partial charge in [-0.2, -0.15) is 0 Å². The fourth-order valence-corrected chi connectivity index (χ4v) is 1.87. The van der Waals surface area contributed by atoms with Gasteiger partial charge in [-0.1, -0.05) is 6.92 Å². The molecule has 1 atom stereocenters. The molecule has 0 amide bonds. The molecule has 0 aliphatic heterocycles. The van der Waals surface area contributed by atoms with E-state index in [2.05, 4.69) is 9.97 Å². The zero-order chi connectivity index (χ0) is 12.3. The first-order valence-corrected chi connectivity index (χ1v) is 5.34. The molecule has 0 fully saturated rings. The van der Waals surface area contributed by atoms with Crippen LogP contribution in [0, 0.1) is 0 Å². The van der Waals surface area contributed by atoms with Gasteiger partial charge in [-0.25, -0.2) is 4.98 Å². The third-order valence-electron chi connectivity index (χ3n) is 2.83. The summed E-state index contributed by atoms with van der Waals surface area (Å²) in [6, 6.07) is 1.82. The first kappa shape index (κ1) is 11.8. The van der Waals surface area contributed by atoms with E-state index in [1.54, 1.807) is 12.4 Å². The number of hydrogen-bond donors (Lipinski definition) is 2. The van der Waals surface area contributed by atoms with Crippen LogP contribution in [0.3, 0.4) is 0 Å². The standard InChI is InChI=1S/C12H14N2O3/c1-8(12-4-13-7-17-12)9-2-3-14-11(6-16)10(9)5-15/h2-4,7-8,15-16H,5-6H2,1H3. The smallest absolute Gasteiger partial charge is 0.180 e. The number of hydrogen-bond acceptors (Lipinski definition) is 5. The summed E-state index contributed by atoms with van der Waals surface area (Å²) < 4.78 is 5.25. The maximum atomic E-state index is 9.38. The van der Waals surface area contributed by atoms with E-state index in [1.165, 1.54) is 6.39 Å². The zero-order valence-electron chi connectivity index (χ0n) is 9.50. The van der Waals surface area contributed by atoms with Gasteiger partial charge in [-0.3, -0.25) is 4.98 Å². The van der Waals surface area contributed by atoms with E-state index in [-0.39, 0.29) is 19.1 Å². The van der Waals surface area contributed by atoms with Crippen molar-refractivity contribution >= 4 is 0 Å². The van der Waals surface area contributed by atoms with E-state index in [1.807, 2.05) is 13.0 Å². The average Bonchev–Trinajstić information content (AvgIpc) is 2.90. The number of nitrogens with zero attached hydrogens (tertiary/aromatic N) is 2. The lowest BCUT2D eigenvalue weighted by Gasteiger charge is -2.15. The van der Waals surface area contributed by atoms with Gasteiger partial charge in [0.05, 0.1) is 25.1 Å². The van der Waals surface area contributed by atoms with E-state index >= 15 is 0 Å². The van der Waals surface area contributed by atoms with Crippen LogP contribution in [0.25, 0.3) is 0 Å². The molecule has 0 spiro atoms. The van der Waals surface area contributed by atoms with E-state index in [0.717, 1.165) is 11.3 Å². The maximum Gasteiger partial charge on any atom is 0.180 e. The normalized spacial score (nSPS) is 12.6. The predicted octanol–water partition coefficient (Wildman–Crippen LogP) is 1.21. The molecule has 1 unspecified atom stereocenters. The first-order valence-electron chi connectivity index (χ1n) is 5.34. The quantitative estimate of drug-likeness (QED) is 0.831. The second kappa shape index (κ2) is 5.07. The molecule has 0 bridgehead atoms. The van der Waals surface area contributed by atoms with Crippen molar-refractivity contribution in [2.45, 2.75) is 26.1 Å². The summed E-state index contributed by atoms with van der Waals surface area (Å²) in [7, 11) is 0. The summed E-state index contributed by atoms with van der Waals surface area (Å²) in [5.41, 5.74) is 2.04. The third kappa shape index (κ3) is 2.20. The Morgan fingerprint density at radius 2 is 2.18 bits per heavy atom. The Hall–Kier alpha value is -1.72. The molecule has 2 N–H and O–H groups in total. The van der Waals surface area contributed by atoms with Gasteiger partial charge in [-0.05, 0) is 11.6 Å². The number of rotatable bonds is 4. The number of aliphatic hydroxyl groups excluding tert-OH is 2. The summed E-state index contributed by atoms with van der Waals surface area (Å²) in [5, 5.41) is 18.6. The highest BCUT2D eigenvalue weighted by atomic mass is 16.3. The fourth-order valence-electron chi connectivity index (χ4n) is 1.87. The summed E-state index contributed by atoms with van der Waals surface area (Å²) in [4.78, 5) is 7.91. The molecule has 5 heteroatoms. The van der Waals surface area contributed by atoms with Crippen LogP contribution in [0.1, 0.15) is 35.4 Å². The number of oxazole rings is 1. The second-order valence-electron chi connectivity index (χ2n) is 3.77. The van der Waals surface area contributed by atoms with Crippen LogP contribution in [0.15, 0.2) is 29.3 Å². The predicted molar refractivity (Wildman–Crippen MR) is 60.1 cm³/mol. The number of aliphatic hydroxyl groups is 2. The van der Waals surface area contributed by atoms with Gasteiger partial charge in [0.1, 0.15) is 5.76 Å². The molecule has 0 aliphatic rings. The summed E-state index contributed by atoms with van der Waals surface area (Å²) in [6.45, 7) is 1.61. The molecule has 0 aliphatic carbocycles. The lowest BCUT2D eigenvalue weighted by atomic mass is 9.94. The van der Waals surface area contributed by atoms with Crippen molar-refractivity contribution < 1.29 is 14.6 Å². The first-order chi connectivity index (χ1) is 8.27. The highest BCUT2D eigenvalue weighted by molar-refractivity contribution is 5.35. The molecule has 2 rings (SSSR count). The van der Waals surface area contributed by atoms with Gasteiger partial charge in [0.15, 0.2) is 6.39 Å². The van der Waals surface area contributed by atoms with E-state index in [9.17, 15) is 10.2 Å². The van der Waals surface area contributed by atoms with Crippen LogP contribution in [0.4, 0.5) is 0 Å². The highest BCUT2D eigenvalue weighted by Crippen LogP contribution is 2.27. The largest absolute Gasteiger partial charge is 0.448 e. The monoisotopic (exact) mass is 234 g/mol. The van der Waals surface area contributed by atoms with Crippen LogP contribution < -0.4 is 0 Å². The van der Waals surface area contributed by atoms with E-state index < -0.39 is 0 Å². The Bertz CT molecular complexity index is 483. The molecule has 17 heavy (non-hydrogen) atoms. The topological polar surface area (TPSA) is 79.4 Å². The third-order valence-corrected chi connectivity index (χ3v) is 2.83. The van der Waals surface area contributed by atoms with Gasteiger partial charge in [0.2, 0.25) is 0 Å². The molecule has 2 heterocycles. The van der Waals surface area contributed by atoms with Gasteiger partial charge in [-0.15, -0.1) is 0 Å². The van der Waals surface area contributed by atoms with Crippen molar-refractivity contribution in [3.8, 4) is 0 Å². The van der Waals surface area contributed by atoms with Crippen LogP contribution in [0.2, 0.25) is 0 Å². The lowest BCUT2D eigenvalue weighted by Crippen LogP contribution is -2.06. The van der Waals surface area contributed by atoms with Crippen molar-refractivity contribution in [3.05, 3.63) is 47.4 Å². The fraction of sp³-hybridized carbons (Fsp3) is 0.333. The minimum absolute atomic E-state index is 0.0343. The van der Waals surface area contributed by atoms with Gasteiger partial charge in [0.25, 0.3) is 0 Å². The SMILES string of the molecule is CC(c1cnco1)c1ccnc(CO)c1CO. The van der Waals surface area contributed by atoms with Crippen molar-refractivity contribution in [2.24, 2.45) is 0 Å². The number of aromatic nitrogens is 2. The molecule has 0 saturated heterocycles.